The monoisotopic (exact) mass is 234 g/mol. The van der Waals surface area contributed by atoms with E-state index in [-0.39, 0.29) is 0 Å². The molecule has 0 unspecified atom stereocenters. The summed E-state index contributed by atoms with van der Waals surface area (Å²) >= 11 is 2.55. The minimum absolute atomic E-state index is 0.653. The van der Waals surface area contributed by atoms with Crippen LogP contribution in [0.15, 0.2) is 23.3 Å². The van der Waals surface area contributed by atoms with E-state index in [1.807, 2.05) is 39.8 Å². The summed E-state index contributed by atoms with van der Waals surface area (Å²) < 4.78 is 10.5. The quantitative estimate of drug-likeness (QED) is 0.285. The zero-order valence-corrected chi connectivity index (χ0v) is 10.8. The van der Waals surface area contributed by atoms with Gasteiger partial charge in [-0.3, -0.25) is 8.37 Å². The van der Waals surface area contributed by atoms with E-state index in [1.165, 1.54) is 33.3 Å². The Balaban J connectivity index is 3.22. The van der Waals surface area contributed by atoms with Crippen molar-refractivity contribution in [3.63, 3.8) is 0 Å². The van der Waals surface area contributed by atoms with Crippen molar-refractivity contribution in [3.8, 4) is 0 Å². The lowest BCUT2D eigenvalue weighted by Crippen LogP contribution is -1.88. The van der Waals surface area contributed by atoms with Gasteiger partial charge < -0.3 is 0 Å². The molecule has 0 atom stereocenters. The van der Waals surface area contributed by atoms with Gasteiger partial charge in [-0.05, 0) is 27.7 Å². The minimum atomic E-state index is 0.653. The molecule has 0 saturated carbocycles. The number of rotatable bonds is 7. The van der Waals surface area contributed by atoms with E-state index >= 15 is 0 Å². The summed E-state index contributed by atoms with van der Waals surface area (Å²) in [6.45, 7) is 9.39. The van der Waals surface area contributed by atoms with Crippen LogP contribution in [-0.4, -0.2) is 13.2 Å². The maximum absolute atomic E-state index is 5.27. The molecule has 0 spiro atoms. The Morgan fingerprint density at radius 3 is 1.57 bits per heavy atom. The topological polar surface area (TPSA) is 18.5 Å². The van der Waals surface area contributed by atoms with Crippen molar-refractivity contribution in [2.75, 3.05) is 13.2 Å². The van der Waals surface area contributed by atoms with Gasteiger partial charge in [-0.25, -0.2) is 0 Å². The van der Waals surface area contributed by atoms with E-state index < -0.39 is 0 Å². The fourth-order valence-corrected chi connectivity index (χ4v) is 1.51. The zero-order chi connectivity index (χ0) is 10.8. The third-order valence-electron chi connectivity index (χ3n) is 1.68. The highest BCUT2D eigenvalue weighted by Gasteiger charge is 1.94. The maximum atomic E-state index is 5.27. The summed E-state index contributed by atoms with van der Waals surface area (Å²) in [6, 6.07) is 0. The van der Waals surface area contributed by atoms with Crippen LogP contribution >= 0.6 is 22.1 Å². The summed E-state index contributed by atoms with van der Waals surface area (Å²) in [5.74, 6) is 0. The number of hydrogen-bond donors (Lipinski definition) is 0. The Morgan fingerprint density at radius 1 is 0.929 bits per heavy atom. The van der Waals surface area contributed by atoms with E-state index in [4.69, 9.17) is 8.37 Å². The van der Waals surface area contributed by atoms with Crippen LogP contribution in [0.1, 0.15) is 27.7 Å². The molecule has 0 N–H and O–H groups in total. The molecule has 0 aromatic carbocycles. The van der Waals surface area contributed by atoms with Gasteiger partial charge in [0.15, 0.2) is 0 Å². The van der Waals surface area contributed by atoms with Gasteiger partial charge in [-0.15, -0.1) is 0 Å². The molecule has 0 aliphatic rings. The van der Waals surface area contributed by atoms with E-state index in [0.717, 1.165) is 0 Å². The van der Waals surface area contributed by atoms with Crippen LogP contribution in [0, 0.1) is 0 Å². The van der Waals surface area contributed by atoms with Crippen LogP contribution in [-0.2, 0) is 8.37 Å². The summed E-state index contributed by atoms with van der Waals surface area (Å²) in [5.41, 5.74) is 2.45. The highest BCUT2D eigenvalue weighted by molar-refractivity contribution is 8.73. The Labute approximate surface area is 94.9 Å². The second kappa shape index (κ2) is 9.65. The first-order valence-electron chi connectivity index (χ1n) is 4.52. The lowest BCUT2D eigenvalue weighted by molar-refractivity contribution is 0.407. The summed E-state index contributed by atoms with van der Waals surface area (Å²) in [5, 5.41) is 0. The van der Waals surface area contributed by atoms with Gasteiger partial charge >= 0.3 is 0 Å². The van der Waals surface area contributed by atoms with Crippen LogP contribution in [0.25, 0.3) is 0 Å². The smallest absolute Gasteiger partial charge is 0.0928 e. The van der Waals surface area contributed by atoms with Gasteiger partial charge in [0.1, 0.15) is 0 Å². The highest BCUT2D eigenvalue weighted by Crippen LogP contribution is 2.24. The third kappa shape index (κ3) is 8.69. The molecule has 0 fully saturated rings. The van der Waals surface area contributed by atoms with Crippen molar-refractivity contribution in [1.29, 1.82) is 0 Å². The van der Waals surface area contributed by atoms with E-state index in [0.29, 0.717) is 13.2 Å². The lowest BCUT2D eigenvalue weighted by Gasteiger charge is -2.02. The molecule has 0 aromatic heterocycles. The Kier molecular flexibility index (Phi) is 9.72. The molecule has 0 aliphatic carbocycles. The molecule has 0 aromatic rings. The predicted molar refractivity (Wildman–Crippen MR) is 65.9 cm³/mol. The third-order valence-corrected chi connectivity index (χ3v) is 2.91. The maximum Gasteiger partial charge on any atom is 0.0928 e. The van der Waals surface area contributed by atoms with Crippen molar-refractivity contribution in [2.24, 2.45) is 0 Å². The van der Waals surface area contributed by atoms with E-state index in [2.05, 4.69) is 0 Å². The van der Waals surface area contributed by atoms with Crippen molar-refractivity contribution in [3.05, 3.63) is 23.3 Å². The first-order valence-corrected chi connectivity index (χ1v) is 6.52. The van der Waals surface area contributed by atoms with Crippen molar-refractivity contribution < 1.29 is 8.37 Å². The Bertz CT molecular complexity index is 178. The minimum Gasteiger partial charge on any atom is -0.299 e. The molecule has 0 radical (unpaired) electrons. The lowest BCUT2D eigenvalue weighted by atomic mass is 10.3. The highest BCUT2D eigenvalue weighted by atomic mass is 33.1. The average molecular weight is 234 g/mol. The standard InChI is InChI=1S/C10H18O2S2/c1-5-9(3)7-11-13-14-12-8-10(4)6-2/h5-6H,7-8H2,1-4H3/b9-5+,10-6+. The van der Waals surface area contributed by atoms with Gasteiger partial charge in [0, 0.05) is 0 Å². The second-order valence-electron chi connectivity index (χ2n) is 2.93. The predicted octanol–water partition coefficient (Wildman–Crippen LogP) is 4.16. The molecule has 0 rings (SSSR count). The first-order chi connectivity index (χ1) is 6.70. The average Bonchev–Trinajstić information content (AvgIpc) is 2.22. The van der Waals surface area contributed by atoms with Crippen LogP contribution in [0.5, 0.6) is 0 Å². The van der Waals surface area contributed by atoms with Gasteiger partial charge in [-0.2, -0.15) is 0 Å². The van der Waals surface area contributed by atoms with Gasteiger partial charge in [-0.1, -0.05) is 23.3 Å². The molecular weight excluding hydrogens is 216 g/mol. The van der Waals surface area contributed by atoms with Crippen LogP contribution < -0.4 is 0 Å². The first kappa shape index (κ1) is 14.1. The van der Waals surface area contributed by atoms with Crippen LogP contribution in [0.3, 0.4) is 0 Å². The molecule has 14 heavy (non-hydrogen) atoms. The summed E-state index contributed by atoms with van der Waals surface area (Å²) in [4.78, 5) is 0. The fraction of sp³-hybridized carbons (Fsp3) is 0.600. The molecule has 4 heteroatoms. The molecule has 0 aliphatic heterocycles. The van der Waals surface area contributed by atoms with E-state index in [9.17, 15) is 0 Å². The largest absolute Gasteiger partial charge is 0.299 e. The van der Waals surface area contributed by atoms with Crippen molar-refractivity contribution >= 4 is 22.1 Å². The van der Waals surface area contributed by atoms with Crippen LogP contribution in [0.4, 0.5) is 0 Å². The molecule has 0 saturated heterocycles. The number of hydrogen-bond acceptors (Lipinski definition) is 4. The normalized spacial score (nSPS) is 13.4. The number of allylic oxidation sites excluding steroid dienone is 2. The zero-order valence-electron chi connectivity index (χ0n) is 9.20. The SMILES string of the molecule is C/C=C(\C)COSSOC/C(C)=C/C. The molecule has 0 heterocycles. The van der Waals surface area contributed by atoms with Crippen LogP contribution in [0.2, 0.25) is 0 Å². The Morgan fingerprint density at radius 2 is 1.29 bits per heavy atom. The Hall–Kier alpha value is 0.100. The molecule has 82 valence electrons. The van der Waals surface area contributed by atoms with Gasteiger partial charge in [0.2, 0.25) is 0 Å². The molecule has 2 nitrogen and oxygen atoms in total. The van der Waals surface area contributed by atoms with Gasteiger partial charge in [0.05, 0.1) is 35.4 Å². The second-order valence-corrected chi connectivity index (χ2v) is 4.49. The van der Waals surface area contributed by atoms with Gasteiger partial charge in [0.25, 0.3) is 0 Å². The molecule has 0 amide bonds. The fourth-order valence-electron chi connectivity index (χ4n) is 0.440. The van der Waals surface area contributed by atoms with Crippen molar-refractivity contribution in [1.82, 2.24) is 0 Å². The summed E-state index contributed by atoms with van der Waals surface area (Å²) in [6.07, 6.45) is 4.08. The summed E-state index contributed by atoms with van der Waals surface area (Å²) in [7, 11) is 0. The van der Waals surface area contributed by atoms with E-state index in [1.54, 1.807) is 0 Å². The molecular formula is C10H18O2S2. The van der Waals surface area contributed by atoms with Crippen molar-refractivity contribution in [2.45, 2.75) is 27.7 Å². The molecule has 0 bridgehead atoms.